The van der Waals surface area contributed by atoms with Crippen molar-refractivity contribution < 1.29 is 8.91 Å². The maximum atomic E-state index is 13.0. The Labute approximate surface area is 129 Å². The van der Waals surface area contributed by atoms with Gasteiger partial charge in [0.05, 0.1) is 6.54 Å². The number of halogens is 1. The van der Waals surface area contributed by atoms with Gasteiger partial charge in [-0.2, -0.15) is 4.98 Å². The lowest BCUT2D eigenvalue weighted by Crippen LogP contribution is -2.46. The molecule has 2 heterocycles. The quantitative estimate of drug-likeness (QED) is 0.868. The molecule has 0 N–H and O–H groups in total. The van der Waals surface area contributed by atoms with Gasteiger partial charge in [-0.15, -0.1) is 0 Å². The summed E-state index contributed by atoms with van der Waals surface area (Å²) >= 11 is 0. The van der Waals surface area contributed by atoms with Crippen LogP contribution >= 0.6 is 0 Å². The molecule has 6 heteroatoms. The normalized spacial score (nSPS) is 18.5. The zero-order valence-corrected chi connectivity index (χ0v) is 13.0. The first kappa shape index (κ1) is 15.1. The molecule has 5 nitrogen and oxygen atoms in total. The molecular weight excluding hydrogens is 283 g/mol. The molecule has 0 saturated carbocycles. The molecule has 1 fully saturated rings. The zero-order chi connectivity index (χ0) is 15.5. The van der Waals surface area contributed by atoms with Crippen LogP contribution in [0.4, 0.5) is 4.39 Å². The van der Waals surface area contributed by atoms with Gasteiger partial charge in [-0.1, -0.05) is 17.3 Å². The topological polar surface area (TPSA) is 45.4 Å². The van der Waals surface area contributed by atoms with Gasteiger partial charge in [-0.25, -0.2) is 4.39 Å². The number of nitrogens with zero attached hydrogens (tertiary/aromatic N) is 4. The lowest BCUT2D eigenvalue weighted by atomic mass is 10.1. The number of aromatic nitrogens is 2. The van der Waals surface area contributed by atoms with Crippen molar-refractivity contribution in [2.24, 2.45) is 0 Å². The Morgan fingerprint density at radius 2 is 1.86 bits per heavy atom. The molecule has 0 amide bonds. The number of piperazine rings is 1. The summed E-state index contributed by atoms with van der Waals surface area (Å²) in [4.78, 5) is 9.00. The average Bonchev–Trinajstić information content (AvgIpc) is 2.93. The van der Waals surface area contributed by atoms with Gasteiger partial charge in [0.15, 0.2) is 5.82 Å². The Kier molecular flexibility index (Phi) is 4.49. The highest BCUT2D eigenvalue weighted by Crippen LogP contribution is 2.22. The van der Waals surface area contributed by atoms with Crippen molar-refractivity contribution in [3.8, 4) is 0 Å². The van der Waals surface area contributed by atoms with E-state index < -0.39 is 0 Å². The third-order valence-electron chi connectivity index (χ3n) is 4.24. The highest BCUT2D eigenvalue weighted by molar-refractivity contribution is 5.19. The van der Waals surface area contributed by atoms with E-state index in [2.05, 4.69) is 26.9 Å². The van der Waals surface area contributed by atoms with Crippen LogP contribution in [0.2, 0.25) is 0 Å². The molecule has 0 radical (unpaired) electrons. The first-order valence-corrected chi connectivity index (χ1v) is 7.63. The van der Waals surface area contributed by atoms with Gasteiger partial charge < -0.3 is 4.52 Å². The number of hydrogen-bond acceptors (Lipinski definition) is 5. The fraction of sp³-hybridized carbons (Fsp3) is 0.500. The number of benzene rings is 1. The molecule has 0 unspecified atom stereocenters. The van der Waals surface area contributed by atoms with Crippen LogP contribution in [0.25, 0.3) is 0 Å². The molecule has 2 aromatic rings. The van der Waals surface area contributed by atoms with E-state index >= 15 is 0 Å². The monoisotopic (exact) mass is 304 g/mol. The number of aryl methyl sites for hydroxylation is 1. The zero-order valence-electron chi connectivity index (χ0n) is 13.0. The predicted molar refractivity (Wildman–Crippen MR) is 80.7 cm³/mol. The van der Waals surface area contributed by atoms with E-state index in [1.54, 1.807) is 6.92 Å². The summed E-state index contributed by atoms with van der Waals surface area (Å²) in [6.45, 7) is 8.61. The Morgan fingerprint density at radius 3 is 2.45 bits per heavy atom. The van der Waals surface area contributed by atoms with Crippen molar-refractivity contribution in [3.05, 3.63) is 47.4 Å². The van der Waals surface area contributed by atoms with Crippen LogP contribution in [0.15, 0.2) is 28.8 Å². The molecule has 22 heavy (non-hydrogen) atoms. The molecule has 1 aliphatic rings. The van der Waals surface area contributed by atoms with Gasteiger partial charge >= 0.3 is 0 Å². The van der Waals surface area contributed by atoms with Gasteiger partial charge in [0.1, 0.15) is 5.82 Å². The van der Waals surface area contributed by atoms with E-state index in [0.717, 1.165) is 44.1 Å². The lowest BCUT2D eigenvalue weighted by molar-refractivity contribution is 0.0956. The predicted octanol–water partition coefficient (Wildman–Crippen LogP) is 2.40. The van der Waals surface area contributed by atoms with Crippen LogP contribution in [0, 0.1) is 12.7 Å². The van der Waals surface area contributed by atoms with Crippen molar-refractivity contribution in [1.29, 1.82) is 0 Å². The molecular formula is C16H21FN4O. The van der Waals surface area contributed by atoms with Crippen LogP contribution in [-0.2, 0) is 6.54 Å². The molecule has 118 valence electrons. The van der Waals surface area contributed by atoms with Gasteiger partial charge in [0.25, 0.3) is 0 Å². The third kappa shape index (κ3) is 3.51. The van der Waals surface area contributed by atoms with Crippen LogP contribution < -0.4 is 0 Å². The summed E-state index contributed by atoms with van der Waals surface area (Å²) in [7, 11) is 0. The molecule has 1 aromatic heterocycles. The molecule has 1 saturated heterocycles. The Hall–Kier alpha value is -1.79. The van der Waals surface area contributed by atoms with E-state index in [0.29, 0.717) is 11.9 Å². The minimum atomic E-state index is -0.184. The molecule has 1 aromatic carbocycles. The maximum Gasteiger partial charge on any atom is 0.223 e. The van der Waals surface area contributed by atoms with Crippen LogP contribution in [0.3, 0.4) is 0 Å². The SMILES string of the molecule is Cc1nc(CN2CCN([C@H](C)c3ccc(F)cc3)CC2)no1. The second-order valence-corrected chi connectivity index (χ2v) is 5.77. The fourth-order valence-electron chi connectivity index (χ4n) is 2.87. The Morgan fingerprint density at radius 1 is 1.18 bits per heavy atom. The van der Waals surface area contributed by atoms with Crippen molar-refractivity contribution in [3.63, 3.8) is 0 Å². The number of rotatable bonds is 4. The van der Waals surface area contributed by atoms with Crippen LogP contribution in [0.5, 0.6) is 0 Å². The molecule has 0 bridgehead atoms. The largest absolute Gasteiger partial charge is 0.340 e. The number of hydrogen-bond donors (Lipinski definition) is 0. The van der Waals surface area contributed by atoms with E-state index in [4.69, 9.17) is 4.52 Å². The van der Waals surface area contributed by atoms with Crippen LogP contribution in [0.1, 0.15) is 30.2 Å². The molecule has 1 aliphatic heterocycles. The summed E-state index contributed by atoms with van der Waals surface area (Å²) in [6.07, 6.45) is 0. The van der Waals surface area contributed by atoms with Gasteiger partial charge in [-0.3, -0.25) is 9.80 Å². The van der Waals surface area contributed by atoms with Gasteiger partial charge in [0.2, 0.25) is 5.89 Å². The highest BCUT2D eigenvalue weighted by atomic mass is 19.1. The van der Waals surface area contributed by atoms with Crippen molar-refractivity contribution in [2.45, 2.75) is 26.4 Å². The van der Waals surface area contributed by atoms with Crippen molar-refractivity contribution in [2.75, 3.05) is 26.2 Å². The molecule has 3 rings (SSSR count). The average molecular weight is 304 g/mol. The highest BCUT2D eigenvalue weighted by Gasteiger charge is 2.23. The first-order valence-electron chi connectivity index (χ1n) is 7.63. The molecule has 0 aliphatic carbocycles. The minimum absolute atomic E-state index is 0.184. The van der Waals surface area contributed by atoms with E-state index in [-0.39, 0.29) is 5.82 Å². The van der Waals surface area contributed by atoms with E-state index in [1.165, 1.54) is 12.1 Å². The van der Waals surface area contributed by atoms with E-state index in [1.807, 2.05) is 12.1 Å². The molecule has 0 spiro atoms. The second-order valence-electron chi connectivity index (χ2n) is 5.77. The lowest BCUT2D eigenvalue weighted by Gasteiger charge is -2.37. The minimum Gasteiger partial charge on any atom is -0.340 e. The van der Waals surface area contributed by atoms with Crippen LogP contribution in [-0.4, -0.2) is 46.1 Å². The van der Waals surface area contributed by atoms with Gasteiger partial charge in [-0.05, 0) is 24.6 Å². The Bertz CT molecular complexity index is 605. The molecule has 1 atom stereocenters. The fourth-order valence-corrected chi connectivity index (χ4v) is 2.87. The second kappa shape index (κ2) is 6.54. The third-order valence-corrected chi connectivity index (χ3v) is 4.24. The Balaban J connectivity index is 1.53. The summed E-state index contributed by atoms with van der Waals surface area (Å²) in [6, 6.07) is 7.10. The summed E-state index contributed by atoms with van der Waals surface area (Å²) in [5, 5.41) is 3.94. The standard InChI is InChI=1S/C16H21FN4O/c1-12(14-3-5-15(17)6-4-14)21-9-7-20(8-10-21)11-16-18-13(2)22-19-16/h3-6,12H,7-11H2,1-2H3/t12-/m1/s1. The van der Waals surface area contributed by atoms with Crippen molar-refractivity contribution in [1.82, 2.24) is 19.9 Å². The summed E-state index contributed by atoms with van der Waals surface area (Å²) in [5.74, 6) is 1.17. The van der Waals surface area contributed by atoms with Gasteiger partial charge in [0, 0.05) is 39.1 Å². The van der Waals surface area contributed by atoms with Crippen molar-refractivity contribution >= 4 is 0 Å². The summed E-state index contributed by atoms with van der Waals surface area (Å²) < 4.78 is 18.0. The maximum absolute atomic E-state index is 13.0. The van der Waals surface area contributed by atoms with E-state index in [9.17, 15) is 4.39 Å². The summed E-state index contributed by atoms with van der Waals surface area (Å²) in [5.41, 5.74) is 1.16. The first-order chi connectivity index (χ1) is 10.6. The smallest absolute Gasteiger partial charge is 0.223 e.